The Labute approximate surface area is 132 Å². The predicted molar refractivity (Wildman–Crippen MR) is 84.2 cm³/mol. The zero-order valence-electron chi connectivity index (χ0n) is 11.5. The molecule has 7 heteroatoms. The van der Waals surface area contributed by atoms with Gasteiger partial charge in [0.2, 0.25) is 0 Å². The molecular formula is C15H12GeO6. The monoisotopic (exact) mass is 362 g/mol. The molecular weight excluding hydrogens is 349 g/mol. The summed E-state index contributed by atoms with van der Waals surface area (Å²) in [6, 6.07) is 8.43. The first kappa shape index (κ1) is 14.3. The van der Waals surface area contributed by atoms with E-state index in [1.807, 2.05) is 0 Å². The quantitative estimate of drug-likeness (QED) is 0.366. The number of hydrogen-bond acceptors (Lipinski definition) is 6. The Balaban J connectivity index is 2.51. The van der Waals surface area contributed by atoms with Crippen LogP contribution in [0.2, 0.25) is 0 Å². The molecule has 0 bridgehead atoms. The third-order valence-corrected chi connectivity index (χ3v) is 5.56. The van der Waals surface area contributed by atoms with Crippen molar-refractivity contribution in [2.24, 2.45) is 0 Å². The van der Waals surface area contributed by atoms with Crippen molar-refractivity contribution in [2.75, 3.05) is 0 Å². The molecule has 4 N–H and O–H groups in total. The van der Waals surface area contributed by atoms with Crippen LogP contribution in [0.4, 0.5) is 0 Å². The third-order valence-electron chi connectivity index (χ3n) is 3.52. The van der Waals surface area contributed by atoms with Crippen LogP contribution in [0, 0.1) is 0 Å². The van der Waals surface area contributed by atoms with Crippen molar-refractivity contribution in [3.8, 4) is 34.3 Å². The summed E-state index contributed by atoms with van der Waals surface area (Å²) < 4.78 is 5.66. The molecule has 0 radical (unpaired) electrons. The minimum atomic E-state index is -0.756. The Kier molecular flexibility index (Phi) is 3.25. The molecule has 0 unspecified atom stereocenters. The van der Waals surface area contributed by atoms with Crippen molar-refractivity contribution in [1.29, 1.82) is 0 Å². The van der Waals surface area contributed by atoms with E-state index in [1.165, 1.54) is 0 Å². The molecule has 0 aliphatic rings. The molecule has 0 spiro atoms. The Morgan fingerprint density at radius 1 is 0.864 bits per heavy atom. The fourth-order valence-electron chi connectivity index (χ4n) is 2.33. The fourth-order valence-corrected chi connectivity index (χ4v) is 3.78. The van der Waals surface area contributed by atoms with E-state index in [9.17, 15) is 25.2 Å². The van der Waals surface area contributed by atoms with Crippen LogP contribution in [-0.4, -0.2) is 36.9 Å². The van der Waals surface area contributed by atoms with Gasteiger partial charge in [-0.25, -0.2) is 0 Å². The molecule has 22 heavy (non-hydrogen) atoms. The van der Waals surface area contributed by atoms with Crippen LogP contribution < -0.4 is 9.82 Å². The van der Waals surface area contributed by atoms with Gasteiger partial charge in [-0.3, -0.25) is 0 Å². The van der Waals surface area contributed by atoms with Gasteiger partial charge in [0.05, 0.1) is 0 Å². The normalized spacial score (nSPS) is 11.1. The van der Waals surface area contributed by atoms with Gasteiger partial charge >= 0.3 is 132 Å². The molecule has 112 valence electrons. The molecule has 2 aromatic carbocycles. The zero-order chi connectivity index (χ0) is 16.0. The summed E-state index contributed by atoms with van der Waals surface area (Å²) in [4.78, 5) is 12.4. The Hall–Kier alpha value is -2.61. The molecule has 3 rings (SSSR count). The summed E-state index contributed by atoms with van der Waals surface area (Å²) in [5.74, 6) is -2.72. The molecule has 0 atom stereocenters. The van der Waals surface area contributed by atoms with Crippen LogP contribution >= 0.6 is 0 Å². The summed E-state index contributed by atoms with van der Waals surface area (Å²) in [7, 11) is 0. The molecule has 0 aliphatic heterocycles. The van der Waals surface area contributed by atoms with Crippen molar-refractivity contribution in [3.63, 3.8) is 0 Å². The summed E-state index contributed by atoms with van der Waals surface area (Å²) in [6.07, 6.45) is 0. The van der Waals surface area contributed by atoms with Crippen LogP contribution in [-0.2, 0) is 0 Å². The maximum absolute atomic E-state index is 12.4. The second kappa shape index (κ2) is 4.99. The van der Waals surface area contributed by atoms with E-state index in [4.69, 9.17) is 4.42 Å². The van der Waals surface area contributed by atoms with Gasteiger partial charge < -0.3 is 0 Å². The number of phenols is 3. The van der Waals surface area contributed by atoms with Crippen molar-refractivity contribution in [2.45, 2.75) is 0 Å². The van der Waals surface area contributed by atoms with Crippen molar-refractivity contribution < 1.29 is 24.8 Å². The minimum absolute atomic E-state index is 0.106. The molecule has 6 nitrogen and oxygen atoms in total. The SMILES string of the molecule is O=c1c(O)c(-c2ccccc2)oc2c(O)c(O)c(O)[c]([GeH3])c12. The van der Waals surface area contributed by atoms with Gasteiger partial charge in [-0.1, -0.05) is 0 Å². The van der Waals surface area contributed by atoms with Crippen molar-refractivity contribution in [1.82, 2.24) is 0 Å². The molecule has 0 saturated heterocycles. The summed E-state index contributed by atoms with van der Waals surface area (Å²) in [6.45, 7) is 0. The van der Waals surface area contributed by atoms with E-state index in [2.05, 4.69) is 0 Å². The Morgan fingerprint density at radius 2 is 1.50 bits per heavy atom. The zero-order valence-corrected chi connectivity index (χ0v) is 15.7. The molecule has 1 heterocycles. The number of benzene rings is 2. The molecule has 0 fully saturated rings. The second-order valence-electron chi connectivity index (χ2n) is 4.85. The molecule has 0 amide bonds. The van der Waals surface area contributed by atoms with Gasteiger partial charge in [0, 0.05) is 0 Å². The average molecular weight is 361 g/mol. The van der Waals surface area contributed by atoms with E-state index < -0.39 is 28.4 Å². The average Bonchev–Trinajstić information content (AvgIpc) is 2.54. The van der Waals surface area contributed by atoms with Gasteiger partial charge in [-0.15, -0.1) is 0 Å². The number of hydrogen-bond donors (Lipinski definition) is 4. The Bertz CT molecular complexity index is 946. The van der Waals surface area contributed by atoms with E-state index in [-0.39, 0.29) is 37.6 Å². The van der Waals surface area contributed by atoms with Crippen LogP contribution in [0.5, 0.6) is 23.0 Å². The summed E-state index contributed by atoms with van der Waals surface area (Å²) in [5, 5.41) is 39.4. The third kappa shape index (κ3) is 1.92. The first-order valence-electron chi connectivity index (χ1n) is 6.42. The maximum atomic E-state index is 12.4. The number of phenolic OH excluding ortho intramolecular Hbond substituents is 3. The van der Waals surface area contributed by atoms with Gasteiger partial charge in [0.1, 0.15) is 0 Å². The van der Waals surface area contributed by atoms with Gasteiger partial charge in [0.15, 0.2) is 0 Å². The van der Waals surface area contributed by atoms with Crippen LogP contribution in [0.15, 0.2) is 39.5 Å². The van der Waals surface area contributed by atoms with E-state index in [0.29, 0.717) is 5.56 Å². The number of aromatic hydroxyl groups is 4. The summed E-state index contributed by atoms with van der Waals surface area (Å²) in [5.41, 5.74) is -0.556. The number of fused-ring (bicyclic) bond motifs is 1. The van der Waals surface area contributed by atoms with E-state index >= 15 is 0 Å². The standard InChI is InChI=1S/C15H12GeO6/c16-8-7-9(17)12(20)14(6-4-2-1-3-5-6)22-15(7)13(21)11(19)10(8)18/h1-5,18-21H,16H3. The summed E-state index contributed by atoms with van der Waals surface area (Å²) >= 11 is -0.199. The molecule has 0 aliphatic carbocycles. The first-order valence-corrected chi connectivity index (χ1v) is 8.52. The Morgan fingerprint density at radius 3 is 2.14 bits per heavy atom. The fraction of sp³-hybridized carbons (Fsp3) is 0. The van der Waals surface area contributed by atoms with E-state index in [0.717, 1.165) is 0 Å². The predicted octanol–water partition coefficient (Wildman–Crippen LogP) is 0.273. The first-order chi connectivity index (χ1) is 10.4. The number of rotatable bonds is 1. The van der Waals surface area contributed by atoms with Crippen molar-refractivity contribution in [3.05, 3.63) is 40.6 Å². The van der Waals surface area contributed by atoms with Gasteiger partial charge in [-0.05, 0) is 0 Å². The topological polar surface area (TPSA) is 111 Å². The van der Waals surface area contributed by atoms with Crippen molar-refractivity contribution >= 4 is 31.9 Å². The van der Waals surface area contributed by atoms with Crippen LogP contribution in [0.3, 0.4) is 0 Å². The van der Waals surface area contributed by atoms with E-state index in [1.54, 1.807) is 30.3 Å². The molecule has 0 saturated carbocycles. The second-order valence-corrected chi connectivity index (χ2v) is 6.95. The van der Waals surface area contributed by atoms with Crippen LogP contribution in [0.1, 0.15) is 0 Å². The molecule has 3 aromatic rings. The van der Waals surface area contributed by atoms with Gasteiger partial charge in [-0.2, -0.15) is 0 Å². The van der Waals surface area contributed by atoms with Gasteiger partial charge in [0.25, 0.3) is 0 Å². The molecule has 1 aromatic heterocycles. The van der Waals surface area contributed by atoms with Crippen LogP contribution in [0.25, 0.3) is 22.3 Å².